The Morgan fingerprint density at radius 1 is 1.11 bits per heavy atom. The maximum Gasteiger partial charge on any atom is 0.398 e. The molecular formula is C19H18F3NO3S. The summed E-state index contributed by atoms with van der Waals surface area (Å²) in [6.07, 6.45) is -5.18. The molecule has 144 valence electrons. The fourth-order valence-electron chi connectivity index (χ4n) is 2.12. The van der Waals surface area contributed by atoms with Crippen molar-refractivity contribution in [3.8, 4) is 5.75 Å². The minimum absolute atomic E-state index is 0.0831. The third-order valence-electron chi connectivity index (χ3n) is 3.48. The molecule has 0 radical (unpaired) electrons. The number of ether oxygens (including phenoxy) is 1. The van der Waals surface area contributed by atoms with E-state index in [2.05, 4.69) is 5.32 Å². The largest absolute Gasteiger partial charge is 0.481 e. The number of para-hydroxylation sites is 1. The van der Waals surface area contributed by atoms with Gasteiger partial charge in [-0.05, 0) is 50.2 Å². The zero-order chi connectivity index (χ0) is 20.0. The number of anilines is 1. The van der Waals surface area contributed by atoms with E-state index >= 15 is 0 Å². The summed E-state index contributed by atoms with van der Waals surface area (Å²) in [5, 5.41) is 2.59. The van der Waals surface area contributed by atoms with Crippen LogP contribution in [0.15, 0.2) is 53.4 Å². The molecular weight excluding hydrogens is 379 g/mol. The van der Waals surface area contributed by atoms with Gasteiger partial charge in [-0.15, -0.1) is 11.8 Å². The van der Waals surface area contributed by atoms with Crippen LogP contribution in [0.25, 0.3) is 0 Å². The van der Waals surface area contributed by atoms with E-state index in [1.807, 2.05) is 0 Å². The molecule has 0 heterocycles. The second-order valence-corrected chi connectivity index (χ2v) is 6.75. The minimum atomic E-state index is -4.30. The Balaban J connectivity index is 2.00. The van der Waals surface area contributed by atoms with Gasteiger partial charge in [-0.25, -0.2) is 0 Å². The molecule has 2 aromatic carbocycles. The lowest BCUT2D eigenvalue weighted by Gasteiger charge is -2.17. The molecule has 2 aromatic rings. The molecule has 1 atom stereocenters. The van der Waals surface area contributed by atoms with Crippen molar-refractivity contribution >= 4 is 29.1 Å². The topological polar surface area (TPSA) is 55.4 Å². The summed E-state index contributed by atoms with van der Waals surface area (Å²) in [4.78, 5) is 23.9. The summed E-state index contributed by atoms with van der Waals surface area (Å²) in [5.74, 6) is -1.22. The number of thioether (sulfide) groups is 1. The van der Waals surface area contributed by atoms with Crippen LogP contribution >= 0.6 is 11.8 Å². The Bertz CT molecular complexity index is 807. The predicted molar refractivity (Wildman–Crippen MR) is 98.4 cm³/mol. The maximum absolute atomic E-state index is 12.4. The van der Waals surface area contributed by atoms with Crippen molar-refractivity contribution in [1.29, 1.82) is 0 Å². The molecule has 8 heteroatoms. The number of nitrogens with one attached hydrogen (secondary N) is 1. The summed E-state index contributed by atoms with van der Waals surface area (Å²) in [7, 11) is 0. The summed E-state index contributed by atoms with van der Waals surface area (Å²) >= 11 is 0.603. The van der Waals surface area contributed by atoms with Gasteiger partial charge in [-0.2, -0.15) is 13.2 Å². The zero-order valence-corrected chi connectivity index (χ0v) is 15.5. The third-order valence-corrected chi connectivity index (χ3v) is 4.62. The van der Waals surface area contributed by atoms with Crippen LogP contribution in [0.2, 0.25) is 0 Å². The molecule has 4 nitrogen and oxygen atoms in total. The van der Waals surface area contributed by atoms with Crippen molar-refractivity contribution in [2.75, 3.05) is 11.1 Å². The summed E-state index contributed by atoms with van der Waals surface area (Å²) in [6, 6.07) is 12.6. The molecule has 0 saturated heterocycles. The molecule has 2 rings (SSSR count). The van der Waals surface area contributed by atoms with E-state index < -0.39 is 23.9 Å². The van der Waals surface area contributed by atoms with Crippen LogP contribution in [0.4, 0.5) is 18.9 Å². The lowest BCUT2D eigenvalue weighted by Crippen LogP contribution is -2.30. The number of rotatable bonds is 7. The highest BCUT2D eigenvalue weighted by atomic mass is 32.2. The van der Waals surface area contributed by atoms with E-state index in [9.17, 15) is 22.8 Å². The molecule has 1 amide bonds. The fraction of sp³-hybridized carbons (Fsp3) is 0.263. The smallest absolute Gasteiger partial charge is 0.398 e. The summed E-state index contributed by atoms with van der Waals surface area (Å²) in [5.41, 5.74) is 0.814. The number of carbonyl (C=O) groups excluding carboxylic acids is 2. The van der Waals surface area contributed by atoms with Crippen molar-refractivity contribution in [3.05, 3.63) is 54.1 Å². The van der Waals surface area contributed by atoms with Gasteiger partial charge < -0.3 is 10.1 Å². The van der Waals surface area contributed by atoms with Gasteiger partial charge in [0.2, 0.25) is 0 Å². The van der Waals surface area contributed by atoms with E-state index in [0.717, 1.165) is 0 Å². The van der Waals surface area contributed by atoms with Gasteiger partial charge in [-0.3, -0.25) is 9.59 Å². The second kappa shape index (κ2) is 8.94. The highest BCUT2D eigenvalue weighted by molar-refractivity contribution is 7.99. The Kier molecular flexibility index (Phi) is 6.90. The summed E-state index contributed by atoms with van der Waals surface area (Å²) in [6.45, 7) is 2.97. The molecule has 1 unspecified atom stereocenters. The molecule has 1 N–H and O–H groups in total. The molecule has 0 aromatic heterocycles. The van der Waals surface area contributed by atoms with Crippen molar-refractivity contribution in [3.63, 3.8) is 0 Å². The standard InChI is InChI=1S/C19H18F3NO3S/c1-12(24)14-7-9-15(10-8-14)26-13(2)18(25)23-16-5-3-4-6-17(16)27-11-19(20,21)22/h3-10,13H,11H2,1-2H3,(H,23,25). The number of amides is 1. The van der Waals surface area contributed by atoms with E-state index in [1.54, 1.807) is 36.4 Å². The first kappa shape index (κ1) is 20.8. The second-order valence-electron chi connectivity index (χ2n) is 5.73. The first-order valence-corrected chi connectivity index (χ1v) is 9.01. The van der Waals surface area contributed by atoms with Crippen molar-refractivity contribution in [2.24, 2.45) is 0 Å². The Morgan fingerprint density at radius 3 is 2.33 bits per heavy atom. The van der Waals surface area contributed by atoms with Gasteiger partial charge in [0.15, 0.2) is 11.9 Å². The van der Waals surface area contributed by atoms with Gasteiger partial charge in [-0.1, -0.05) is 12.1 Å². The summed E-state index contributed by atoms with van der Waals surface area (Å²) < 4.78 is 42.8. The van der Waals surface area contributed by atoms with E-state index in [4.69, 9.17) is 4.74 Å². The lowest BCUT2D eigenvalue weighted by atomic mass is 10.1. The third kappa shape index (κ3) is 6.63. The SMILES string of the molecule is CC(=O)c1ccc(OC(C)C(=O)Nc2ccccc2SCC(F)(F)F)cc1. The molecule has 0 spiro atoms. The van der Waals surface area contributed by atoms with Gasteiger partial charge >= 0.3 is 6.18 Å². The number of Topliss-reactive ketones (excluding diaryl/α,β-unsaturated/α-hetero) is 1. The highest BCUT2D eigenvalue weighted by Crippen LogP contribution is 2.32. The fourth-order valence-corrected chi connectivity index (χ4v) is 2.88. The monoisotopic (exact) mass is 397 g/mol. The Hall–Kier alpha value is -2.48. The highest BCUT2D eigenvalue weighted by Gasteiger charge is 2.28. The first-order valence-electron chi connectivity index (χ1n) is 8.03. The van der Waals surface area contributed by atoms with Crippen LogP contribution in [0.5, 0.6) is 5.75 Å². The quantitative estimate of drug-likeness (QED) is 0.531. The first-order chi connectivity index (χ1) is 12.7. The molecule has 0 aliphatic heterocycles. The predicted octanol–water partition coefficient (Wildman–Crippen LogP) is 4.95. The number of hydrogen-bond acceptors (Lipinski definition) is 4. The van der Waals surface area contributed by atoms with Crippen LogP contribution in [-0.4, -0.2) is 29.7 Å². The van der Waals surface area contributed by atoms with E-state index in [0.29, 0.717) is 33.7 Å². The zero-order valence-electron chi connectivity index (χ0n) is 14.7. The molecule has 27 heavy (non-hydrogen) atoms. The maximum atomic E-state index is 12.4. The molecule has 0 aliphatic rings. The molecule has 0 aliphatic carbocycles. The van der Waals surface area contributed by atoms with Crippen molar-refractivity contribution in [2.45, 2.75) is 31.0 Å². The average molecular weight is 397 g/mol. The van der Waals surface area contributed by atoms with E-state index in [-0.39, 0.29) is 5.78 Å². The van der Waals surface area contributed by atoms with Gasteiger partial charge in [0.25, 0.3) is 5.91 Å². The number of hydrogen-bond donors (Lipinski definition) is 1. The number of ketones is 1. The van der Waals surface area contributed by atoms with Crippen molar-refractivity contribution in [1.82, 2.24) is 0 Å². The average Bonchev–Trinajstić information content (AvgIpc) is 2.60. The Labute approximate surface area is 159 Å². The van der Waals surface area contributed by atoms with Gasteiger partial charge in [0, 0.05) is 10.5 Å². The van der Waals surface area contributed by atoms with Gasteiger partial charge in [0.1, 0.15) is 5.75 Å². The normalized spacial score (nSPS) is 12.3. The number of alkyl halides is 3. The number of halogens is 3. The van der Waals surface area contributed by atoms with Crippen molar-refractivity contribution < 1.29 is 27.5 Å². The molecule has 0 bridgehead atoms. The van der Waals surface area contributed by atoms with Gasteiger partial charge in [0.05, 0.1) is 11.4 Å². The Morgan fingerprint density at radius 2 is 1.74 bits per heavy atom. The lowest BCUT2D eigenvalue weighted by molar-refractivity contribution is -0.122. The van der Waals surface area contributed by atoms with Crippen LogP contribution in [0.1, 0.15) is 24.2 Å². The van der Waals surface area contributed by atoms with E-state index in [1.165, 1.54) is 26.0 Å². The molecule has 0 saturated carbocycles. The van der Waals surface area contributed by atoms with Crippen LogP contribution in [0.3, 0.4) is 0 Å². The number of carbonyl (C=O) groups is 2. The van der Waals surface area contributed by atoms with Crippen LogP contribution in [0, 0.1) is 0 Å². The van der Waals surface area contributed by atoms with Crippen LogP contribution in [-0.2, 0) is 4.79 Å². The molecule has 0 fully saturated rings. The van der Waals surface area contributed by atoms with Crippen LogP contribution < -0.4 is 10.1 Å². The minimum Gasteiger partial charge on any atom is -0.481 e. The number of benzene rings is 2.